The summed E-state index contributed by atoms with van der Waals surface area (Å²) in [4.78, 5) is 32.3. The van der Waals surface area contributed by atoms with Gasteiger partial charge in [-0.1, -0.05) is 0 Å². The van der Waals surface area contributed by atoms with Crippen molar-refractivity contribution in [3.63, 3.8) is 0 Å². The number of imidazole rings is 1. The molecule has 8 nitrogen and oxygen atoms in total. The quantitative estimate of drug-likeness (QED) is 0.451. The van der Waals surface area contributed by atoms with Crippen molar-refractivity contribution in [3.05, 3.63) is 59.0 Å². The number of pyridine rings is 1. The number of ether oxygens (including phenoxy) is 1. The second kappa shape index (κ2) is 10.3. The van der Waals surface area contributed by atoms with Crippen LogP contribution in [0.15, 0.2) is 36.5 Å². The van der Waals surface area contributed by atoms with Gasteiger partial charge < -0.3 is 19.9 Å². The normalized spacial score (nSPS) is 12.5. The van der Waals surface area contributed by atoms with Crippen molar-refractivity contribution in [2.45, 2.75) is 51.8 Å². The lowest BCUT2D eigenvalue weighted by atomic mass is 10.0. The van der Waals surface area contributed by atoms with Crippen LogP contribution in [-0.4, -0.2) is 38.7 Å². The van der Waals surface area contributed by atoms with E-state index >= 15 is 0 Å². The number of carbonyl (C=O) groups is 2. The number of nitrogens with one attached hydrogen (secondary N) is 2. The molecule has 3 aromatic rings. The average Bonchev–Trinajstić information content (AvgIpc) is 3.11. The zero-order valence-corrected chi connectivity index (χ0v) is 19.9. The van der Waals surface area contributed by atoms with Gasteiger partial charge in [-0.05, 0) is 56.7 Å². The third-order valence-corrected chi connectivity index (χ3v) is 4.81. The summed E-state index contributed by atoms with van der Waals surface area (Å²) >= 11 is 0. The van der Waals surface area contributed by atoms with Crippen molar-refractivity contribution in [1.29, 1.82) is 0 Å². The Balaban J connectivity index is 1.85. The van der Waals surface area contributed by atoms with E-state index in [2.05, 4.69) is 20.6 Å². The monoisotopic (exact) mass is 531 g/mol. The summed E-state index contributed by atoms with van der Waals surface area (Å²) in [7, 11) is 0. The number of hydrogen-bond donors (Lipinski definition) is 2. The minimum atomic E-state index is -5.00. The van der Waals surface area contributed by atoms with Gasteiger partial charge in [0.15, 0.2) is 5.65 Å². The fourth-order valence-electron chi connectivity index (χ4n) is 3.31. The first-order valence-corrected chi connectivity index (χ1v) is 10.8. The summed E-state index contributed by atoms with van der Waals surface area (Å²) in [6, 6.07) is 4.40. The lowest BCUT2D eigenvalue weighted by Gasteiger charge is -2.19. The summed E-state index contributed by atoms with van der Waals surface area (Å²) in [5.74, 6) is -0.499. The van der Waals surface area contributed by atoms with Crippen LogP contribution in [0.5, 0.6) is 0 Å². The Kier molecular flexibility index (Phi) is 7.70. The summed E-state index contributed by atoms with van der Waals surface area (Å²) in [5, 5.41) is 4.77. The maximum Gasteiger partial charge on any atom is 0.416 e. The molecular weight excluding hydrogens is 508 g/mol. The molecule has 0 saturated carbocycles. The van der Waals surface area contributed by atoms with Crippen LogP contribution in [-0.2, 0) is 35.0 Å². The topological polar surface area (TPSA) is 98.1 Å². The minimum absolute atomic E-state index is 0.0482. The van der Waals surface area contributed by atoms with Crippen LogP contribution in [0.2, 0.25) is 0 Å². The van der Waals surface area contributed by atoms with Gasteiger partial charge in [-0.3, -0.25) is 4.79 Å². The predicted octanol–water partition coefficient (Wildman–Crippen LogP) is 4.66. The molecule has 200 valence electrons. The number of amides is 2. The summed E-state index contributed by atoms with van der Waals surface area (Å²) in [6.07, 6.45) is -9.42. The van der Waals surface area contributed by atoms with Crippen molar-refractivity contribution in [2.75, 3.05) is 6.54 Å². The zero-order chi connectivity index (χ0) is 27.6. The van der Waals surface area contributed by atoms with Gasteiger partial charge >= 0.3 is 18.4 Å². The molecule has 2 N–H and O–H groups in total. The number of fused-ring (bicyclic) bond motifs is 1. The first-order valence-electron chi connectivity index (χ1n) is 10.8. The highest BCUT2D eigenvalue weighted by atomic mass is 19.4. The van der Waals surface area contributed by atoms with E-state index in [4.69, 9.17) is 4.74 Å². The van der Waals surface area contributed by atoms with E-state index in [0.29, 0.717) is 17.6 Å². The van der Waals surface area contributed by atoms with Crippen LogP contribution in [0.25, 0.3) is 11.2 Å². The van der Waals surface area contributed by atoms with Crippen LogP contribution >= 0.6 is 0 Å². The van der Waals surface area contributed by atoms with Crippen molar-refractivity contribution in [3.8, 4) is 0 Å². The molecule has 2 amide bonds. The molecule has 37 heavy (non-hydrogen) atoms. The SMILES string of the molecule is CC(C)(C)OC(=O)NCC(=O)NCc1nc2cccnc2n1Cc1cc(C(F)(F)F)cc(C(F)(F)F)c1. The van der Waals surface area contributed by atoms with Gasteiger partial charge in [0.1, 0.15) is 23.5 Å². The Labute approximate surface area is 207 Å². The summed E-state index contributed by atoms with van der Waals surface area (Å²) < 4.78 is 86.1. The Morgan fingerprint density at radius 2 is 1.59 bits per heavy atom. The summed E-state index contributed by atoms with van der Waals surface area (Å²) in [5.41, 5.74) is -3.43. The van der Waals surface area contributed by atoms with Crippen LogP contribution in [0, 0.1) is 0 Å². The molecule has 0 atom stereocenters. The van der Waals surface area contributed by atoms with E-state index in [0.717, 1.165) is 0 Å². The first-order chi connectivity index (χ1) is 17.0. The van der Waals surface area contributed by atoms with Crippen molar-refractivity contribution in [2.24, 2.45) is 0 Å². The molecule has 0 spiro atoms. The molecule has 14 heteroatoms. The molecule has 0 bridgehead atoms. The van der Waals surface area contributed by atoms with E-state index in [9.17, 15) is 35.9 Å². The van der Waals surface area contributed by atoms with E-state index in [1.807, 2.05) is 0 Å². The number of alkyl carbamates (subject to hydrolysis) is 1. The van der Waals surface area contributed by atoms with E-state index in [1.165, 1.54) is 10.8 Å². The number of rotatable bonds is 6. The van der Waals surface area contributed by atoms with Gasteiger partial charge in [-0.15, -0.1) is 0 Å². The number of benzene rings is 1. The van der Waals surface area contributed by atoms with Gasteiger partial charge in [0.2, 0.25) is 5.91 Å². The van der Waals surface area contributed by atoms with Gasteiger partial charge in [0.25, 0.3) is 0 Å². The van der Waals surface area contributed by atoms with E-state index in [1.54, 1.807) is 32.9 Å². The highest BCUT2D eigenvalue weighted by Gasteiger charge is 2.37. The second-order valence-electron chi connectivity index (χ2n) is 9.01. The fraction of sp³-hybridized carbons (Fsp3) is 0.391. The van der Waals surface area contributed by atoms with Crippen molar-refractivity contribution >= 4 is 23.2 Å². The molecule has 0 saturated heterocycles. The maximum atomic E-state index is 13.3. The highest BCUT2D eigenvalue weighted by molar-refractivity contribution is 5.82. The molecule has 0 fully saturated rings. The molecular formula is C23H23F6N5O3. The number of alkyl halides is 6. The minimum Gasteiger partial charge on any atom is -0.444 e. The molecule has 2 aromatic heterocycles. The third-order valence-electron chi connectivity index (χ3n) is 4.81. The van der Waals surface area contributed by atoms with E-state index < -0.39 is 54.2 Å². The Morgan fingerprint density at radius 1 is 0.973 bits per heavy atom. The molecule has 0 unspecified atom stereocenters. The second-order valence-corrected chi connectivity index (χ2v) is 9.01. The molecule has 2 heterocycles. The zero-order valence-electron chi connectivity index (χ0n) is 19.9. The Bertz CT molecular complexity index is 1260. The van der Waals surface area contributed by atoms with Gasteiger partial charge in [0, 0.05) is 6.20 Å². The van der Waals surface area contributed by atoms with Crippen LogP contribution in [0.3, 0.4) is 0 Å². The van der Waals surface area contributed by atoms with Crippen LogP contribution in [0.4, 0.5) is 31.1 Å². The van der Waals surface area contributed by atoms with Gasteiger partial charge in [0.05, 0.1) is 24.2 Å². The summed E-state index contributed by atoms with van der Waals surface area (Å²) in [6.45, 7) is 3.84. The number of nitrogens with zero attached hydrogens (tertiary/aromatic N) is 3. The number of carbonyl (C=O) groups excluding carboxylic acids is 2. The van der Waals surface area contributed by atoms with Crippen LogP contribution < -0.4 is 10.6 Å². The lowest BCUT2D eigenvalue weighted by Crippen LogP contribution is -2.39. The third kappa shape index (κ3) is 7.57. The molecule has 1 aromatic carbocycles. The molecule has 0 radical (unpaired) electrons. The van der Waals surface area contributed by atoms with E-state index in [-0.39, 0.29) is 29.6 Å². The Morgan fingerprint density at radius 3 is 2.16 bits per heavy atom. The maximum absolute atomic E-state index is 13.3. The number of aromatic nitrogens is 3. The average molecular weight is 531 g/mol. The smallest absolute Gasteiger partial charge is 0.416 e. The van der Waals surface area contributed by atoms with Crippen molar-refractivity contribution in [1.82, 2.24) is 25.2 Å². The lowest BCUT2D eigenvalue weighted by molar-refractivity contribution is -0.143. The fourth-order valence-corrected chi connectivity index (χ4v) is 3.31. The van der Waals surface area contributed by atoms with Gasteiger partial charge in [-0.25, -0.2) is 14.8 Å². The largest absolute Gasteiger partial charge is 0.444 e. The highest BCUT2D eigenvalue weighted by Crippen LogP contribution is 2.36. The number of hydrogen-bond acceptors (Lipinski definition) is 5. The first kappa shape index (κ1) is 27.7. The van der Waals surface area contributed by atoms with Crippen LogP contribution in [0.1, 0.15) is 43.3 Å². The molecule has 0 aliphatic rings. The molecule has 0 aliphatic heterocycles. The molecule has 0 aliphatic carbocycles. The molecule has 3 rings (SSSR count). The van der Waals surface area contributed by atoms with Crippen molar-refractivity contribution < 1.29 is 40.7 Å². The predicted molar refractivity (Wildman–Crippen MR) is 119 cm³/mol. The number of halogens is 6. The standard InChI is InChI=1S/C23H23F6N5O3/c1-21(2,3)37-20(36)32-11-18(35)31-10-17-33-16-5-4-6-30-19(16)34(17)12-13-7-14(22(24,25)26)9-15(8-13)23(27,28)29/h4-9H,10-12H2,1-3H3,(H,31,35)(H,32,36). The van der Waals surface area contributed by atoms with Gasteiger partial charge in [-0.2, -0.15) is 26.3 Å². The Hall–Kier alpha value is -3.84.